The minimum atomic E-state index is -3.98. The molecule has 2 aromatic carbocycles. The van der Waals surface area contributed by atoms with Gasteiger partial charge >= 0.3 is 6.09 Å². The van der Waals surface area contributed by atoms with Crippen molar-refractivity contribution in [1.29, 1.82) is 0 Å². The highest BCUT2D eigenvalue weighted by molar-refractivity contribution is 7.89. The molecule has 168 valence electrons. The van der Waals surface area contributed by atoms with Gasteiger partial charge in [-0.15, -0.1) is 0 Å². The maximum absolute atomic E-state index is 12.6. The first-order chi connectivity index (χ1) is 14.3. The predicted octanol–water partition coefficient (Wildman–Crippen LogP) is 3.00. The largest absolute Gasteiger partial charge is 0.504 e. The molecule has 0 aromatic heterocycles. The van der Waals surface area contributed by atoms with Gasteiger partial charge < -0.3 is 20.3 Å². The number of ether oxygens (including phenoxy) is 1. The maximum Gasteiger partial charge on any atom is 0.408 e. The van der Waals surface area contributed by atoms with Crippen molar-refractivity contribution in [2.75, 3.05) is 0 Å². The number of sulfonamides is 1. The molecule has 0 aliphatic rings. The zero-order valence-electron chi connectivity index (χ0n) is 18.0. The van der Waals surface area contributed by atoms with Crippen molar-refractivity contribution in [2.45, 2.75) is 51.2 Å². The van der Waals surface area contributed by atoms with Crippen molar-refractivity contribution >= 4 is 21.8 Å². The third-order valence-electron chi connectivity index (χ3n) is 4.03. The number of carbonyl (C=O) groups is 1. The van der Waals surface area contributed by atoms with E-state index in [1.807, 2.05) is 6.92 Å². The van der Waals surface area contributed by atoms with Gasteiger partial charge in [0.25, 0.3) is 10.0 Å². The SMILES string of the molecule is Cc1ccc(S(=O)(=O)N/N=C(\c2ccc(O)c(O)c2)[C@H](C)NC(=O)OC(C)(C)C)cc1. The summed E-state index contributed by atoms with van der Waals surface area (Å²) in [4.78, 5) is 14.3. The lowest BCUT2D eigenvalue weighted by atomic mass is 10.0. The molecule has 0 heterocycles. The lowest BCUT2D eigenvalue weighted by Gasteiger charge is -2.23. The van der Waals surface area contributed by atoms with Crippen LogP contribution in [0.4, 0.5) is 4.79 Å². The Morgan fingerprint density at radius 3 is 2.23 bits per heavy atom. The van der Waals surface area contributed by atoms with Crippen molar-refractivity contribution in [1.82, 2.24) is 10.1 Å². The molecule has 1 amide bonds. The Morgan fingerprint density at radius 1 is 1.06 bits per heavy atom. The second-order valence-corrected chi connectivity index (χ2v) is 9.64. The van der Waals surface area contributed by atoms with Gasteiger partial charge in [0, 0.05) is 5.56 Å². The summed E-state index contributed by atoms with van der Waals surface area (Å²) in [6, 6.07) is 9.27. The standard InChI is InChI=1S/C21H27N3O6S/c1-13-6-9-16(10-7-13)31(28,29)24-23-19(15-8-11-17(25)18(26)12-15)14(2)22-20(27)30-21(3,4)5/h6-12,14,24-26H,1-5H3,(H,22,27)/b23-19-/t14-/m0/s1. The van der Waals surface area contributed by atoms with E-state index in [-0.39, 0.29) is 21.9 Å². The second-order valence-electron chi connectivity index (χ2n) is 7.98. The Morgan fingerprint density at radius 2 is 1.68 bits per heavy atom. The molecule has 0 unspecified atom stereocenters. The van der Waals surface area contributed by atoms with E-state index in [0.29, 0.717) is 0 Å². The third-order valence-corrected chi connectivity index (χ3v) is 5.26. The molecule has 0 aliphatic carbocycles. The fourth-order valence-corrected chi connectivity index (χ4v) is 3.34. The Kier molecular flexibility index (Phi) is 7.17. The first-order valence-corrected chi connectivity index (χ1v) is 10.9. The molecule has 31 heavy (non-hydrogen) atoms. The highest BCUT2D eigenvalue weighted by Gasteiger charge is 2.23. The van der Waals surface area contributed by atoms with E-state index in [1.54, 1.807) is 39.8 Å². The summed E-state index contributed by atoms with van der Waals surface area (Å²) >= 11 is 0. The molecule has 0 aliphatic heterocycles. The number of carbonyl (C=O) groups excluding carboxylic acids is 1. The van der Waals surface area contributed by atoms with Crippen molar-refractivity contribution < 1.29 is 28.2 Å². The van der Waals surface area contributed by atoms with Crippen LogP contribution in [0.1, 0.15) is 38.8 Å². The number of rotatable bonds is 6. The van der Waals surface area contributed by atoms with E-state index in [0.717, 1.165) is 5.56 Å². The molecule has 0 radical (unpaired) electrons. The quantitative estimate of drug-likeness (QED) is 0.304. The number of hydrogen-bond donors (Lipinski definition) is 4. The Bertz CT molecular complexity index is 1070. The van der Waals surface area contributed by atoms with E-state index >= 15 is 0 Å². The molecule has 0 bridgehead atoms. The summed E-state index contributed by atoms with van der Waals surface area (Å²) in [5.41, 5.74) is 0.547. The monoisotopic (exact) mass is 449 g/mol. The van der Waals surface area contributed by atoms with Crippen molar-refractivity contribution in [2.24, 2.45) is 5.10 Å². The number of aromatic hydroxyl groups is 2. The van der Waals surface area contributed by atoms with E-state index in [1.165, 1.54) is 30.3 Å². The minimum absolute atomic E-state index is 0.0162. The second kappa shape index (κ2) is 9.25. The number of amides is 1. The zero-order chi connectivity index (χ0) is 23.4. The Balaban J connectivity index is 2.37. The molecular formula is C21H27N3O6S. The van der Waals surface area contributed by atoms with Crippen LogP contribution < -0.4 is 10.1 Å². The minimum Gasteiger partial charge on any atom is -0.504 e. The van der Waals surface area contributed by atoms with Gasteiger partial charge in [-0.1, -0.05) is 17.7 Å². The van der Waals surface area contributed by atoms with Crippen LogP contribution in [0.15, 0.2) is 52.5 Å². The molecule has 2 rings (SSSR count). The fraction of sp³-hybridized carbons (Fsp3) is 0.333. The Labute approximate surface area is 181 Å². The summed E-state index contributed by atoms with van der Waals surface area (Å²) in [7, 11) is -3.98. The summed E-state index contributed by atoms with van der Waals surface area (Å²) in [6.07, 6.45) is -0.725. The smallest absolute Gasteiger partial charge is 0.408 e. The number of hydrogen-bond acceptors (Lipinski definition) is 7. The lowest BCUT2D eigenvalue weighted by molar-refractivity contribution is 0.0521. The van der Waals surface area contributed by atoms with Gasteiger partial charge in [0.1, 0.15) is 5.60 Å². The van der Waals surface area contributed by atoms with Gasteiger partial charge in [-0.05, 0) is 65.0 Å². The number of phenols is 2. The average molecular weight is 450 g/mol. The van der Waals surface area contributed by atoms with Crippen LogP contribution in [-0.4, -0.2) is 42.1 Å². The van der Waals surface area contributed by atoms with Crippen molar-refractivity contribution in [3.63, 3.8) is 0 Å². The van der Waals surface area contributed by atoms with Gasteiger partial charge in [0.15, 0.2) is 11.5 Å². The Hall–Kier alpha value is -3.27. The molecule has 0 saturated carbocycles. The fourth-order valence-electron chi connectivity index (χ4n) is 2.53. The predicted molar refractivity (Wildman–Crippen MR) is 117 cm³/mol. The molecule has 1 atom stereocenters. The van der Waals surface area contributed by atoms with Crippen LogP contribution in [0.5, 0.6) is 11.5 Å². The van der Waals surface area contributed by atoms with Gasteiger partial charge in [0.05, 0.1) is 16.6 Å². The highest BCUT2D eigenvalue weighted by Crippen LogP contribution is 2.26. The van der Waals surface area contributed by atoms with Gasteiger partial charge in [-0.2, -0.15) is 18.4 Å². The highest BCUT2D eigenvalue weighted by atomic mass is 32.2. The lowest BCUT2D eigenvalue weighted by Crippen LogP contribution is -2.42. The number of phenolic OH excluding ortho intramolecular Hbond substituents is 2. The molecule has 4 N–H and O–H groups in total. The van der Waals surface area contributed by atoms with Gasteiger partial charge in [0.2, 0.25) is 0 Å². The third kappa shape index (κ3) is 6.88. The van der Waals surface area contributed by atoms with Crippen LogP contribution in [0.3, 0.4) is 0 Å². The zero-order valence-corrected chi connectivity index (χ0v) is 18.8. The average Bonchev–Trinajstić information content (AvgIpc) is 2.63. The topological polar surface area (TPSA) is 137 Å². The maximum atomic E-state index is 12.6. The summed E-state index contributed by atoms with van der Waals surface area (Å²) < 4.78 is 30.5. The molecular weight excluding hydrogens is 422 g/mol. The van der Waals surface area contributed by atoms with Crippen molar-refractivity contribution in [3.05, 3.63) is 53.6 Å². The summed E-state index contributed by atoms with van der Waals surface area (Å²) in [5, 5.41) is 26.0. The summed E-state index contributed by atoms with van der Waals surface area (Å²) in [5.74, 6) is -0.771. The van der Waals surface area contributed by atoms with E-state index in [9.17, 15) is 23.4 Å². The van der Waals surface area contributed by atoms with Crippen LogP contribution >= 0.6 is 0 Å². The number of alkyl carbamates (subject to hydrolysis) is 1. The van der Waals surface area contributed by atoms with E-state index in [2.05, 4.69) is 15.2 Å². The van der Waals surface area contributed by atoms with Crippen LogP contribution in [-0.2, 0) is 14.8 Å². The number of benzene rings is 2. The normalized spacial score (nSPS) is 13.4. The number of hydrazone groups is 1. The summed E-state index contributed by atoms with van der Waals surface area (Å²) in [6.45, 7) is 8.54. The molecule has 2 aromatic rings. The van der Waals surface area contributed by atoms with Gasteiger partial charge in [-0.3, -0.25) is 0 Å². The van der Waals surface area contributed by atoms with Crippen LogP contribution in [0.25, 0.3) is 0 Å². The van der Waals surface area contributed by atoms with E-state index < -0.39 is 33.5 Å². The number of nitrogens with one attached hydrogen (secondary N) is 2. The first-order valence-electron chi connectivity index (χ1n) is 9.46. The van der Waals surface area contributed by atoms with Crippen LogP contribution in [0.2, 0.25) is 0 Å². The van der Waals surface area contributed by atoms with Gasteiger partial charge in [-0.25, -0.2) is 4.79 Å². The molecule has 0 spiro atoms. The molecule has 10 heteroatoms. The van der Waals surface area contributed by atoms with Crippen molar-refractivity contribution in [3.8, 4) is 11.5 Å². The van der Waals surface area contributed by atoms with Crippen LogP contribution in [0, 0.1) is 6.92 Å². The molecule has 0 saturated heterocycles. The molecule has 9 nitrogen and oxygen atoms in total. The van der Waals surface area contributed by atoms with E-state index in [4.69, 9.17) is 4.74 Å². The first kappa shape index (κ1) is 24.0. The number of nitrogens with zero attached hydrogens (tertiary/aromatic N) is 1. The number of aryl methyl sites for hydroxylation is 1. The molecule has 0 fully saturated rings.